The highest BCUT2D eigenvalue weighted by atomic mass is 32.1. The lowest BCUT2D eigenvalue weighted by atomic mass is 9.88. The fourth-order valence-electron chi connectivity index (χ4n) is 9.54. The van der Waals surface area contributed by atoms with Gasteiger partial charge in [-0.25, -0.2) is 19.9 Å². The van der Waals surface area contributed by atoms with E-state index < -0.39 is 0 Å². The number of nitrogens with zero attached hydrogens (tertiary/aromatic N) is 6. The van der Waals surface area contributed by atoms with Crippen LogP contribution >= 0.6 is 45.3 Å². The van der Waals surface area contributed by atoms with Crippen molar-refractivity contribution in [1.82, 2.24) is 29.7 Å². The Kier molecular flexibility index (Phi) is 11.5. The number of aliphatic hydroxyl groups is 1. The van der Waals surface area contributed by atoms with Crippen LogP contribution in [0.25, 0.3) is 52.1 Å². The maximum Gasteiger partial charge on any atom is 0.126 e. The molecule has 0 saturated carbocycles. The number of aliphatic hydroxyl groups excluding tert-OH is 1. The van der Waals surface area contributed by atoms with Crippen molar-refractivity contribution in [3.05, 3.63) is 81.6 Å². The maximum atomic E-state index is 9.69. The highest BCUT2D eigenvalue weighted by Crippen LogP contribution is 2.45. The number of fused-ring (bicyclic) bond motifs is 4. The number of aromatic nitrogens is 4. The Morgan fingerprint density at radius 1 is 0.750 bits per heavy atom. The van der Waals surface area contributed by atoms with Crippen molar-refractivity contribution in [3.8, 4) is 11.3 Å². The first-order valence-electron chi connectivity index (χ1n) is 21.1. The zero-order chi connectivity index (χ0) is 40.7. The molecule has 8 heterocycles. The fourth-order valence-corrected chi connectivity index (χ4v) is 13.5. The van der Waals surface area contributed by atoms with E-state index in [9.17, 15) is 5.11 Å². The number of thiazole rings is 2. The minimum absolute atomic E-state index is 0.193. The van der Waals surface area contributed by atoms with Crippen LogP contribution in [0.2, 0.25) is 0 Å². The van der Waals surface area contributed by atoms with E-state index in [1.807, 2.05) is 28.6 Å². The first-order chi connectivity index (χ1) is 29.4. The first-order valence-corrected chi connectivity index (χ1v) is 24.5. The molecule has 0 aliphatic carbocycles. The van der Waals surface area contributed by atoms with Gasteiger partial charge >= 0.3 is 0 Å². The second-order valence-corrected chi connectivity index (χ2v) is 20.1. The predicted molar refractivity (Wildman–Crippen MR) is 254 cm³/mol. The highest BCUT2D eigenvalue weighted by Gasteiger charge is 2.32. The molecule has 8 aromatic rings. The summed E-state index contributed by atoms with van der Waals surface area (Å²) in [5, 5.41) is 19.6. The third kappa shape index (κ3) is 7.81. The summed E-state index contributed by atoms with van der Waals surface area (Å²) in [7, 11) is 1.79. The third-order valence-corrected chi connectivity index (χ3v) is 16.7. The number of anilines is 4. The fraction of sp³-hybridized carbons (Fsp3) is 0.391. The molecule has 14 heteroatoms. The van der Waals surface area contributed by atoms with Crippen molar-refractivity contribution in [2.24, 2.45) is 0 Å². The van der Waals surface area contributed by atoms with Crippen LogP contribution in [0.3, 0.4) is 0 Å². The highest BCUT2D eigenvalue weighted by molar-refractivity contribution is 7.19. The molecule has 0 spiro atoms. The molecule has 2 aliphatic heterocycles. The van der Waals surface area contributed by atoms with Gasteiger partial charge in [-0.3, -0.25) is 9.80 Å². The Bertz CT molecular complexity index is 2780. The minimum Gasteiger partial charge on any atom is -0.395 e. The summed E-state index contributed by atoms with van der Waals surface area (Å²) >= 11 is 6.97. The number of hydrogen-bond acceptors (Lipinski definition) is 14. The Balaban J connectivity index is 1.03. The van der Waals surface area contributed by atoms with Gasteiger partial charge in [0, 0.05) is 94.4 Å². The number of benzene rings is 2. The van der Waals surface area contributed by atoms with Crippen molar-refractivity contribution < 1.29 is 9.84 Å². The van der Waals surface area contributed by atoms with E-state index in [1.165, 1.54) is 27.3 Å². The number of hydrogen-bond donors (Lipinski definition) is 3. The van der Waals surface area contributed by atoms with Gasteiger partial charge in [0.05, 0.1) is 55.1 Å². The molecule has 60 heavy (non-hydrogen) atoms. The molecule has 0 amide bonds. The molecular formula is C46H50N8O2S4. The molecular weight excluding hydrogens is 825 g/mol. The molecule has 0 radical (unpaired) electrons. The molecule has 2 aromatic carbocycles. The molecule has 6 aromatic heterocycles. The van der Waals surface area contributed by atoms with Crippen LogP contribution in [-0.4, -0.2) is 93.4 Å². The number of likely N-dealkylation sites (tertiary alicyclic amines) is 2. The van der Waals surface area contributed by atoms with Crippen LogP contribution in [0, 0.1) is 0 Å². The summed E-state index contributed by atoms with van der Waals surface area (Å²) in [5.74, 6) is 0.862. The van der Waals surface area contributed by atoms with Crippen molar-refractivity contribution in [3.63, 3.8) is 0 Å². The number of piperidine rings is 2. The Labute approximate surface area is 366 Å². The molecule has 10 rings (SSSR count). The van der Waals surface area contributed by atoms with Gasteiger partial charge in [0.1, 0.15) is 9.66 Å². The topological polar surface area (TPSA) is 112 Å². The quantitative estimate of drug-likeness (QED) is 0.0968. The molecule has 310 valence electrons. The standard InChI is InChI=1S/C46H50N8O2S4/c1-27-31(7-4-13-53(27)15-6-18-56-3)43-23-35-38(50-29-9-10-41-39(20-29)48-25-57-41)24-37(52-46(35)60-43)33-19-30(21-40-44(33)58-26-49-40)51-36-11-12-47-45-34(36)22-42(59-45)32-8-5-14-54(16-17-55)28(32)2/h9-12,19-28,31-32,55H,4-8,13-18H2,1-3H3,(H,47,51)(H,50,52)/t27-,28?,31-,32?/m0/s1. The second kappa shape index (κ2) is 17.3. The van der Waals surface area contributed by atoms with E-state index in [0.29, 0.717) is 23.9 Å². The Morgan fingerprint density at radius 2 is 1.45 bits per heavy atom. The Hall–Kier alpha value is -4.12. The van der Waals surface area contributed by atoms with Crippen molar-refractivity contribution in [2.45, 2.75) is 69.9 Å². The monoisotopic (exact) mass is 874 g/mol. The van der Waals surface area contributed by atoms with E-state index >= 15 is 0 Å². The van der Waals surface area contributed by atoms with Crippen LogP contribution in [0.15, 0.2) is 71.8 Å². The van der Waals surface area contributed by atoms with E-state index in [4.69, 9.17) is 19.7 Å². The van der Waals surface area contributed by atoms with Gasteiger partial charge in [-0.15, -0.1) is 45.3 Å². The summed E-state index contributed by atoms with van der Waals surface area (Å²) in [5.41, 5.74) is 11.8. The zero-order valence-corrected chi connectivity index (χ0v) is 37.5. The zero-order valence-electron chi connectivity index (χ0n) is 34.2. The Morgan fingerprint density at radius 3 is 2.23 bits per heavy atom. The van der Waals surface area contributed by atoms with Crippen molar-refractivity contribution in [1.29, 1.82) is 0 Å². The van der Waals surface area contributed by atoms with Crippen LogP contribution < -0.4 is 10.6 Å². The molecule has 2 saturated heterocycles. The largest absolute Gasteiger partial charge is 0.395 e. The number of thiophene rings is 2. The molecule has 2 fully saturated rings. The first kappa shape index (κ1) is 40.0. The normalized spacial score (nSPS) is 20.5. The van der Waals surface area contributed by atoms with Gasteiger partial charge in [0.25, 0.3) is 0 Å². The summed E-state index contributed by atoms with van der Waals surface area (Å²) in [6, 6.07) is 20.7. The molecule has 2 aliphatic rings. The van der Waals surface area contributed by atoms with Gasteiger partial charge < -0.3 is 20.5 Å². The number of rotatable bonds is 13. The number of ether oxygens (including phenoxy) is 1. The van der Waals surface area contributed by atoms with Crippen LogP contribution in [0.4, 0.5) is 22.7 Å². The average Bonchev–Trinajstić information content (AvgIpc) is 4.09. The van der Waals surface area contributed by atoms with Gasteiger partial charge in [0.15, 0.2) is 0 Å². The number of nitrogens with one attached hydrogen (secondary N) is 2. The van der Waals surface area contributed by atoms with Gasteiger partial charge in [-0.2, -0.15) is 0 Å². The molecule has 3 N–H and O–H groups in total. The lowest BCUT2D eigenvalue weighted by Gasteiger charge is -2.39. The number of pyridine rings is 2. The molecule has 10 nitrogen and oxygen atoms in total. The summed E-state index contributed by atoms with van der Waals surface area (Å²) < 4.78 is 7.69. The van der Waals surface area contributed by atoms with E-state index in [-0.39, 0.29) is 6.61 Å². The maximum absolute atomic E-state index is 9.69. The molecule has 2 unspecified atom stereocenters. The van der Waals surface area contributed by atoms with E-state index in [1.54, 1.807) is 41.1 Å². The molecule has 4 atom stereocenters. The third-order valence-electron chi connectivity index (χ3n) is 12.7. The van der Waals surface area contributed by atoms with Crippen molar-refractivity contribution in [2.75, 3.05) is 57.1 Å². The smallest absolute Gasteiger partial charge is 0.126 e. The lowest BCUT2D eigenvalue weighted by Crippen LogP contribution is -2.43. The number of β-amino-alcohol motifs (C(OH)–C–C–N with tert-alkyl or cyclic N) is 1. The van der Waals surface area contributed by atoms with Crippen LogP contribution in [0.1, 0.15) is 67.5 Å². The van der Waals surface area contributed by atoms with Gasteiger partial charge in [0.2, 0.25) is 0 Å². The predicted octanol–water partition coefficient (Wildman–Crippen LogP) is 11.4. The summed E-state index contributed by atoms with van der Waals surface area (Å²) in [6.45, 7) is 9.65. The SMILES string of the molecule is COCCCN1CCC[C@H](c2cc3c(Nc4ccc5scnc5c4)cc(-c4cc(Nc5ccnc6sc(C7CCCN(CCO)C7C)cc56)cc5ncsc45)nc3s2)[C@@H]1C. The van der Waals surface area contributed by atoms with E-state index in [2.05, 4.69) is 93.9 Å². The average molecular weight is 875 g/mol. The van der Waals surface area contributed by atoms with Gasteiger partial charge in [-0.05, 0) is 114 Å². The summed E-state index contributed by atoms with van der Waals surface area (Å²) in [6.07, 6.45) is 7.61. The van der Waals surface area contributed by atoms with Gasteiger partial charge in [-0.1, -0.05) is 0 Å². The van der Waals surface area contributed by atoms with Crippen LogP contribution in [0.5, 0.6) is 0 Å². The van der Waals surface area contributed by atoms with Crippen molar-refractivity contribution >= 4 is 109 Å². The summed E-state index contributed by atoms with van der Waals surface area (Å²) in [4.78, 5) is 29.7. The van der Waals surface area contributed by atoms with E-state index in [0.717, 1.165) is 122 Å². The molecule has 0 bridgehead atoms. The lowest BCUT2D eigenvalue weighted by molar-refractivity contribution is 0.111. The number of methoxy groups -OCH3 is 1. The minimum atomic E-state index is 0.193. The van der Waals surface area contributed by atoms with Crippen LogP contribution in [-0.2, 0) is 4.74 Å². The second-order valence-electron chi connectivity index (χ2n) is 16.3.